The predicted molar refractivity (Wildman–Crippen MR) is 89.7 cm³/mol. The number of rotatable bonds is 3. The molecular weight excluding hydrogens is 288 g/mol. The van der Waals surface area contributed by atoms with Crippen LogP contribution in [0.5, 0.6) is 11.5 Å². The normalized spacial score (nSPS) is 10.3. The molecule has 2 aromatic carbocycles. The van der Waals surface area contributed by atoms with Gasteiger partial charge in [0.1, 0.15) is 6.07 Å². The summed E-state index contributed by atoms with van der Waals surface area (Å²) < 4.78 is 10.6. The zero-order valence-corrected chi connectivity index (χ0v) is 13.3. The maximum absolute atomic E-state index is 9.60. The fourth-order valence-corrected chi connectivity index (χ4v) is 2.71. The Morgan fingerprint density at radius 1 is 1.00 bits per heavy atom. The molecule has 114 valence electrons. The summed E-state index contributed by atoms with van der Waals surface area (Å²) in [7, 11) is 3.18. The van der Waals surface area contributed by atoms with Crippen molar-refractivity contribution in [2.24, 2.45) is 0 Å². The summed E-state index contributed by atoms with van der Waals surface area (Å²) in [6, 6.07) is 15.7. The second-order valence-electron chi connectivity index (χ2n) is 5.16. The van der Waals surface area contributed by atoms with Crippen LogP contribution < -0.4 is 9.47 Å². The van der Waals surface area contributed by atoms with Gasteiger partial charge in [0, 0.05) is 10.9 Å². The van der Waals surface area contributed by atoms with Crippen molar-refractivity contribution < 1.29 is 9.47 Å². The standard InChI is InChI=1S/C19H16N2O2/c1-12-14-6-4-5-7-16(14)21-19(15(12)11-20)13-8-9-17(22-2)18(10-13)23-3/h4-10H,1-3H3. The van der Waals surface area contributed by atoms with E-state index in [9.17, 15) is 5.26 Å². The number of para-hydroxylation sites is 1. The molecule has 0 saturated heterocycles. The second-order valence-corrected chi connectivity index (χ2v) is 5.16. The number of benzene rings is 2. The van der Waals surface area contributed by atoms with Crippen molar-refractivity contribution in [3.05, 3.63) is 53.6 Å². The Balaban J connectivity index is 2.30. The van der Waals surface area contributed by atoms with Crippen LogP contribution in [0.2, 0.25) is 0 Å². The molecule has 4 nitrogen and oxygen atoms in total. The van der Waals surface area contributed by atoms with Gasteiger partial charge in [-0.05, 0) is 36.8 Å². The number of nitrogens with zero attached hydrogens (tertiary/aromatic N) is 2. The van der Waals surface area contributed by atoms with E-state index in [4.69, 9.17) is 9.47 Å². The van der Waals surface area contributed by atoms with Crippen molar-refractivity contribution in [1.82, 2.24) is 4.98 Å². The third-order valence-corrected chi connectivity index (χ3v) is 3.92. The summed E-state index contributed by atoms with van der Waals surface area (Å²) >= 11 is 0. The van der Waals surface area contributed by atoms with Gasteiger partial charge < -0.3 is 9.47 Å². The number of pyridine rings is 1. The number of hydrogen-bond donors (Lipinski definition) is 0. The number of hydrogen-bond acceptors (Lipinski definition) is 4. The van der Waals surface area contributed by atoms with Gasteiger partial charge in [0.05, 0.1) is 31.0 Å². The van der Waals surface area contributed by atoms with E-state index in [1.54, 1.807) is 14.2 Å². The van der Waals surface area contributed by atoms with Crippen molar-refractivity contribution in [3.63, 3.8) is 0 Å². The number of ether oxygens (including phenoxy) is 2. The molecule has 3 rings (SSSR count). The van der Waals surface area contributed by atoms with Crippen LogP contribution in [0.3, 0.4) is 0 Å². The molecule has 0 saturated carbocycles. The summed E-state index contributed by atoms with van der Waals surface area (Å²) in [6.45, 7) is 1.95. The summed E-state index contributed by atoms with van der Waals surface area (Å²) in [6.07, 6.45) is 0. The van der Waals surface area contributed by atoms with Crippen molar-refractivity contribution in [1.29, 1.82) is 5.26 Å². The maximum Gasteiger partial charge on any atom is 0.161 e. The Kier molecular flexibility index (Phi) is 3.86. The van der Waals surface area contributed by atoms with Gasteiger partial charge in [-0.2, -0.15) is 5.26 Å². The van der Waals surface area contributed by atoms with Gasteiger partial charge in [0.15, 0.2) is 11.5 Å². The van der Waals surface area contributed by atoms with E-state index >= 15 is 0 Å². The molecule has 1 heterocycles. The van der Waals surface area contributed by atoms with Crippen LogP contribution in [-0.2, 0) is 0 Å². The molecule has 0 unspecified atom stereocenters. The van der Waals surface area contributed by atoms with Crippen LogP contribution in [0.15, 0.2) is 42.5 Å². The minimum atomic E-state index is 0.580. The lowest BCUT2D eigenvalue weighted by atomic mass is 9.98. The van der Waals surface area contributed by atoms with E-state index in [0.717, 1.165) is 22.0 Å². The van der Waals surface area contributed by atoms with E-state index in [0.29, 0.717) is 22.8 Å². The number of aryl methyl sites for hydroxylation is 1. The summed E-state index contributed by atoms with van der Waals surface area (Å²) in [5.74, 6) is 1.26. The lowest BCUT2D eigenvalue weighted by Crippen LogP contribution is -1.97. The highest BCUT2D eigenvalue weighted by Gasteiger charge is 2.15. The molecule has 23 heavy (non-hydrogen) atoms. The molecule has 0 amide bonds. The first-order valence-corrected chi connectivity index (χ1v) is 7.21. The van der Waals surface area contributed by atoms with Crippen LogP contribution >= 0.6 is 0 Å². The topological polar surface area (TPSA) is 55.1 Å². The maximum atomic E-state index is 9.60. The lowest BCUT2D eigenvalue weighted by Gasteiger charge is -2.12. The highest BCUT2D eigenvalue weighted by molar-refractivity contribution is 5.88. The minimum Gasteiger partial charge on any atom is -0.493 e. The SMILES string of the molecule is COc1ccc(-c2nc3ccccc3c(C)c2C#N)cc1OC. The molecule has 4 heteroatoms. The third kappa shape index (κ3) is 2.47. The summed E-state index contributed by atoms with van der Waals surface area (Å²) in [5, 5.41) is 10.6. The fraction of sp³-hybridized carbons (Fsp3) is 0.158. The first kappa shape index (κ1) is 14.9. The quantitative estimate of drug-likeness (QED) is 0.731. The molecule has 0 aliphatic heterocycles. The molecule has 0 aliphatic carbocycles. The number of methoxy groups -OCH3 is 2. The molecule has 0 aliphatic rings. The molecule has 0 radical (unpaired) electrons. The van der Waals surface area contributed by atoms with Gasteiger partial charge in [-0.3, -0.25) is 0 Å². The lowest BCUT2D eigenvalue weighted by molar-refractivity contribution is 0.355. The zero-order chi connectivity index (χ0) is 16.4. The van der Waals surface area contributed by atoms with Crippen molar-refractivity contribution in [2.75, 3.05) is 14.2 Å². The predicted octanol–water partition coefficient (Wildman–Crippen LogP) is 4.10. The third-order valence-electron chi connectivity index (χ3n) is 3.92. The highest BCUT2D eigenvalue weighted by Crippen LogP contribution is 2.35. The van der Waals surface area contributed by atoms with E-state index in [2.05, 4.69) is 11.1 Å². The van der Waals surface area contributed by atoms with E-state index < -0.39 is 0 Å². The van der Waals surface area contributed by atoms with Gasteiger partial charge in [0.2, 0.25) is 0 Å². The van der Waals surface area contributed by atoms with Gasteiger partial charge in [-0.15, -0.1) is 0 Å². The van der Waals surface area contributed by atoms with Crippen molar-refractivity contribution in [2.45, 2.75) is 6.92 Å². The van der Waals surface area contributed by atoms with E-state index in [-0.39, 0.29) is 0 Å². The molecular formula is C19H16N2O2. The van der Waals surface area contributed by atoms with Gasteiger partial charge in [-0.25, -0.2) is 4.98 Å². The van der Waals surface area contributed by atoms with Crippen LogP contribution in [0.25, 0.3) is 22.2 Å². The number of nitriles is 1. The molecule has 0 spiro atoms. The zero-order valence-electron chi connectivity index (χ0n) is 13.3. The van der Waals surface area contributed by atoms with Crippen LogP contribution in [0.1, 0.15) is 11.1 Å². The van der Waals surface area contributed by atoms with Gasteiger partial charge >= 0.3 is 0 Å². The average Bonchev–Trinajstić information content (AvgIpc) is 2.61. The molecule has 0 N–H and O–H groups in total. The summed E-state index contributed by atoms with van der Waals surface area (Å²) in [5.41, 5.74) is 3.87. The van der Waals surface area contributed by atoms with E-state index in [1.807, 2.05) is 49.4 Å². The average molecular weight is 304 g/mol. The Hall–Kier alpha value is -3.06. The Morgan fingerprint density at radius 2 is 1.74 bits per heavy atom. The largest absolute Gasteiger partial charge is 0.493 e. The fourth-order valence-electron chi connectivity index (χ4n) is 2.71. The Labute approximate surface area is 134 Å². The number of fused-ring (bicyclic) bond motifs is 1. The minimum absolute atomic E-state index is 0.580. The second kappa shape index (κ2) is 5.98. The van der Waals surface area contributed by atoms with Crippen molar-refractivity contribution in [3.8, 4) is 28.8 Å². The van der Waals surface area contributed by atoms with Crippen LogP contribution in [-0.4, -0.2) is 19.2 Å². The van der Waals surface area contributed by atoms with Crippen LogP contribution in [0.4, 0.5) is 0 Å². The monoisotopic (exact) mass is 304 g/mol. The first-order valence-electron chi connectivity index (χ1n) is 7.21. The highest BCUT2D eigenvalue weighted by atomic mass is 16.5. The molecule has 1 aromatic heterocycles. The smallest absolute Gasteiger partial charge is 0.161 e. The van der Waals surface area contributed by atoms with Crippen molar-refractivity contribution >= 4 is 10.9 Å². The number of aromatic nitrogens is 1. The molecule has 0 fully saturated rings. The Bertz CT molecular complexity index is 927. The van der Waals surface area contributed by atoms with E-state index in [1.165, 1.54) is 0 Å². The summed E-state index contributed by atoms with van der Waals surface area (Å²) in [4.78, 5) is 4.69. The van der Waals surface area contributed by atoms with Gasteiger partial charge in [0.25, 0.3) is 0 Å². The van der Waals surface area contributed by atoms with Gasteiger partial charge in [-0.1, -0.05) is 18.2 Å². The molecule has 0 atom stereocenters. The molecule has 3 aromatic rings. The Morgan fingerprint density at radius 3 is 2.43 bits per heavy atom. The first-order chi connectivity index (χ1) is 11.2. The van der Waals surface area contributed by atoms with Crippen LogP contribution in [0, 0.1) is 18.3 Å². The molecule has 0 bridgehead atoms.